The lowest BCUT2D eigenvalue weighted by atomic mass is 9.68. The van der Waals surface area contributed by atoms with Gasteiger partial charge < -0.3 is 10.5 Å². The Kier molecular flexibility index (Phi) is 6.06. The monoisotopic (exact) mass is 468 g/mol. The standard InChI is InChI=1S/C26H26ClFN2O3/c1-4-33-25(32)23-21(15-5-9-17(28)10-6-15)22-19(13-26(2,3)14-20(22)31)30(24(23)29)18-11-7-16(27)8-12-18/h5-12,21H,4,13-14,29H2,1-3H3. The summed E-state index contributed by atoms with van der Waals surface area (Å²) in [5, 5.41) is 0.558. The summed E-state index contributed by atoms with van der Waals surface area (Å²) < 4.78 is 19.1. The van der Waals surface area contributed by atoms with Crippen molar-refractivity contribution < 1.29 is 18.7 Å². The van der Waals surface area contributed by atoms with E-state index in [0.717, 1.165) is 5.70 Å². The van der Waals surface area contributed by atoms with Gasteiger partial charge in [0.25, 0.3) is 0 Å². The van der Waals surface area contributed by atoms with Crippen molar-refractivity contribution in [2.24, 2.45) is 11.1 Å². The number of Topliss-reactive ketones (excluding diaryl/α,β-unsaturated/α-hetero) is 1. The molecule has 1 unspecified atom stereocenters. The predicted molar refractivity (Wildman–Crippen MR) is 126 cm³/mol. The molecule has 5 nitrogen and oxygen atoms in total. The molecule has 1 aliphatic carbocycles. The summed E-state index contributed by atoms with van der Waals surface area (Å²) in [5.74, 6) is -1.63. The van der Waals surface area contributed by atoms with Crippen LogP contribution in [-0.2, 0) is 14.3 Å². The quantitative estimate of drug-likeness (QED) is 0.603. The van der Waals surface area contributed by atoms with Crippen molar-refractivity contribution in [1.82, 2.24) is 0 Å². The molecule has 0 radical (unpaired) electrons. The fraction of sp³-hybridized carbons (Fsp3) is 0.308. The third-order valence-corrected chi connectivity index (χ3v) is 6.30. The van der Waals surface area contributed by atoms with Gasteiger partial charge in [-0.1, -0.05) is 37.6 Å². The van der Waals surface area contributed by atoms with Crippen molar-refractivity contribution in [2.45, 2.75) is 39.5 Å². The Hall–Kier alpha value is -3.12. The van der Waals surface area contributed by atoms with Crippen molar-refractivity contribution in [3.63, 3.8) is 0 Å². The first-order valence-corrected chi connectivity index (χ1v) is 11.2. The molecule has 0 spiro atoms. The number of nitrogens with zero attached hydrogens (tertiary/aromatic N) is 1. The molecule has 1 atom stereocenters. The highest BCUT2D eigenvalue weighted by Crippen LogP contribution is 2.50. The number of halogens is 2. The zero-order chi connectivity index (χ0) is 23.9. The number of ether oxygens (including phenoxy) is 1. The molecule has 0 bridgehead atoms. The Balaban J connectivity index is 2.01. The van der Waals surface area contributed by atoms with Crippen LogP contribution in [0.15, 0.2) is 71.2 Å². The molecule has 2 aromatic carbocycles. The van der Waals surface area contributed by atoms with Crippen LogP contribution in [0.5, 0.6) is 0 Å². The van der Waals surface area contributed by atoms with E-state index < -0.39 is 17.7 Å². The van der Waals surface area contributed by atoms with Gasteiger partial charge in [-0.05, 0) is 60.7 Å². The average Bonchev–Trinajstić information content (AvgIpc) is 2.74. The summed E-state index contributed by atoms with van der Waals surface area (Å²) in [6, 6.07) is 12.9. The SMILES string of the molecule is CCOC(=O)C1=C(N)N(c2ccc(Cl)cc2)C2=C(C(=O)CC(C)(C)C2)C1c1ccc(F)cc1. The zero-order valence-corrected chi connectivity index (χ0v) is 19.6. The first-order valence-electron chi connectivity index (χ1n) is 10.9. The normalized spacial score (nSPS) is 20.1. The summed E-state index contributed by atoms with van der Waals surface area (Å²) in [6.07, 6.45) is 0.902. The third-order valence-electron chi connectivity index (χ3n) is 6.04. The maximum absolute atomic E-state index is 13.7. The number of rotatable bonds is 4. The van der Waals surface area contributed by atoms with Crippen molar-refractivity contribution in [3.8, 4) is 0 Å². The van der Waals surface area contributed by atoms with Crippen molar-refractivity contribution in [1.29, 1.82) is 0 Å². The van der Waals surface area contributed by atoms with Gasteiger partial charge in [-0.2, -0.15) is 0 Å². The number of hydrogen-bond acceptors (Lipinski definition) is 5. The predicted octanol–water partition coefficient (Wildman–Crippen LogP) is 5.46. The molecule has 0 saturated carbocycles. The topological polar surface area (TPSA) is 72.6 Å². The molecule has 0 fully saturated rings. The fourth-order valence-electron chi connectivity index (χ4n) is 4.69. The number of hydrogen-bond donors (Lipinski definition) is 1. The van der Waals surface area contributed by atoms with E-state index in [-0.39, 0.29) is 29.2 Å². The highest BCUT2D eigenvalue weighted by molar-refractivity contribution is 6.30. The number of allylic oxidation sites excluding steroid dienone is 2. The van der Waals surface area contributed by atoms with Crippen LogP contribution < -0.4 is 10.6 Å². The smallest absolute Gasteiger partial charge is 0.338 e. The second-order valence-corrected chi connectivity index (χ2v) is 9.55. The van der Waals surface area contributed by atoms with Crippen molar-refractivity contribution in [2.75, 3.05) is 11.5 Å². The Morgan fingerprint density at radius 1 is 1.15 bits per heavy atom. The van der Waals surface area contributed by atoms with Gasteiger partial charge in [0.2, 0.25) is 0 Å². The first kappa shape index (κ1) is 23.1. The molecule has 172 valence electrons. The van der Waals surface area contributed by atoms with Gasteiger partial charge in [-0.15, -0.1) is 0 Å². The lowest BCUT2D eigenvalue weighted by molar-refractivity contribution is -0.138. The summed E-state index contributed by atoms with van der Waals surface area (Å²) >= 11 is 6.10. The van der Waals surface area contributed by atoms with Crippen molar-refractivity contribution >= 4 is 29.0 Å². The van der Waals surface area contributed by atoms with Gasteiger partial charge in [-0.3, -0.25) is 9.69 Å². The van der Waals surface area contributed by atoms with Gasteiger partial charge in [0.15, 0.2) is 5.78 Å². The van der Waals surface area contributed by atoms with Crippen LogP contribution in [-0.4, -0.2) is 18.4 Å². The number of ketones is 1. The molecular formula is C26H26ClFN2O3. The van der Waals surface area contributed by atoms with Crippen LogP contribution in [0, 0.1) is 11.2 Å². The Morgan fingerprint density at radius 2 is 1.79 bits per heavy atom. The van der Waals surface area contributed by atoms with E-state index in [1.54, 1.807) is 48.2 Å². The maximum Gasteiger partial charge on any atom is 0.338 e. The Morgan fingerprint density at radius 3 is 2.39 bits per heavy atom. The van der Waals surface area contributed by atoms with E-state index in [4.69, 9.17) is 22.1 Å². The number of benzene rings is 2. The Labute approximate surface area is 197 Å². The van der Waals surface area contributed by atoms with Gasteiger partial charge in [-0.25, -0.2) is 9.18 Å². The third kappa shape index (κ3) is 4.27. The molecule has 2 aromatic rings. The number of esters is 1. The van der Waals surface area contributed by atoms with Gasteiger partial charge in [0.05, 0.1) is 18.1 Å². The van der Waals surface area contributed by atoms with Gasteiger partial charge >= 0.3 is 5.97 Å². The molecule has 1 aliphatic heterocycles. The second-order valence-electron chi connectivity index (χ2n) is 9.12. The lowest BCUT2D eigenvalue weighted by Crippen LogP contribution is -2.43. The molecule has 2 N–H and O–H groups in total. The van der Waals surface area contributed by atoms with E-state index in [1.807, 2.05) is 13.8 Å². The Bertz CT molecular complexity index is 1170. The van der Waals surface area contributed by atoms with E-state index in [2.05, 4.69) is 0 Å². The number of carbonyl (C=O) groups excluding carboxylic acids is 2. The molecule has 0 saturated heterocycles. The van der Waals surface area contributed by atoms with Crippen LogP contribution in [0.2, 0.25) is 5.02 Å². The molecule has 33 heavy (non-hydrogen) atoms. The molecular weight excluding hydrogens is 443 g/mol. The molecule has 7 heteroatoms. The molecule has 2 aliphatic rings. The highest BCUT2D eigenvalue weighted by atomic mass is 35.5. The minimum atomic E-state index is -0.744. The summed E-state index contributed by atoms with van der Waals surface area (Å²) in [4.78, 5) is 28.5. The van der Waals surface area contributed by atoms with Gasteiger partial charge in [0.1, 0.15) is 11.6 Å². The average molecular weight is 469 g/mol. The van der Waals surface area contributed by atoms with E-state index in [0.29, 0.717) is 34.7 Å². The number of carbonyl (C=O) groups is 2. The zero-order valence-electron chi connectivity index (χ0n) is 18.8. The molecule has 1 heterocycles. The van der Waals surface area contributed by atoms with E-state index >= 15 is 0 Å². The van der Waals surface area contributed by atoms with Crippen LogP contribution in [0.25, 0.3) is 0 Å². The van der Waals surface area contributed by atoms with Gasteiger partial charge in [0, 0.05) is 28.4 Å². The van der Waals surface area contributed by atoms with E-state index in [9.17, 15) is 14.0 Å². The minimum absolute atomic E-state index is 0.0659. The minimum Gasteiger partial charge on any atom is -0.463 e. The second kappa shape index (κ2) is 8.67. The van der Waals surface area contributed by atoms with Crippen LogP contribution >= 0.6 is 11.6 Å². The summed E-state index contributed by atoms with van der Waals surface area (Å²) in [5.41, 5.74) is 9.08. The molecule has 0 amide bonds. The largest absolute Gasteiger partial charge is 0.463 e. The lowest BCUT2D eigenvalue weighted by Gasteiger charge is -2.44. The van der Waals surface area contributed by atoms with E-state index in [1.165, 1.54) is 12.1 Å². The highest BCUT2D eigenvalue weighted by Gasteiger charge is 2.46. The number of anilines is 1. The van der Waals surface area contributed by atoms with Crippen LogP contribution in [0.4, 0.5) is 10.1 Å². The number of nitrogens with two attached hydrogens (primary N) is 1. The fourth-order valence-corrected chi connectivity index (χ4v) is 4.82. The van der Waals surface area contributed by atoms with Crippen molar-refractivity contribution in [3.05, 3.63) is 87.6 Å². The first-order chi connectivity index (χ1) is 15.6. The summed E-state index contributed by atoms with van der Waals surface area (Å²) in [6.45, 7) is 5.92. The maximum atomic E-state index is 13.7. The van der Waals surface area contributed by atoms with Crippen LogP contribution in [0.3, 0.4) is 0 Å². The molecule has 4 rings (SSSR count). The molecule has 0 aromatic heterocycles. The van der Waals surface area contributed by atoms with Crippen LogP contribution in [0.1, 0.15) is 45.1 Å². The summed E-state index contributed by atoms with van der Waals surface area (Å²) in [7, 11) is 0.